The lowest BCUT2D eigenvalue weighted by molar-refractivity contribution is 0.395. The van der Waals surface area contributed by atoms with Crippen molar-refractivity contribution >= 4 is 15.8 Å². The van der Waals surface area contributed by atoms with Gasteiger partial charge >= 0.3 is 0 Å². The fourth-order valence-electron chi connectivity index (χ4n) is 1.75. The van der Waals surface area contributed by atoms with Crippen LogP contribution in [0.3, 0.4) is 0 Å². The summed E-state index contributed by atoms with van der Waals surface area (Å²) >= 11 is 0. The van der Waals surface area contributed by atoms with Gasteiger partial charge in [0.25, 0.3) is 0 Å². The molecule has 0 radical (unpaired) electrons. The minimum atomic E-state index is -3.73. The van der Waals surface area contributed by atoms with Crippen molar-refractivity contribution in [1.29, 1.82) is 0 Å². The normalized spacial score (nSPS) is 12.2. The third-order valence-corrected chi connectivity index (χ3v) is 4.63. The summed E-state index contributed by atoms with van der Waals surface area (Å²) in [7, 11) is -0.500. The molecular weight excluding hydrogens is 270 g/mol. The molecule has 9 heteroatoms. The van der Waals surface area contributed by atoms with Crippen LogP contribution in [0.25, 0.3) is 0 Å². The molecule has 8 nitrogen and oxygen atoms in total. The predicted octanol–water partition coefficient (Wildman–Crippen LogP) is 0.119. The minimum Gasteiger partial charge on any atom is -0.380 e. The lowest BCUT2D eigenvalue weighted by Gasteiger charge is -2.15. The van der Waals surface area contributed by atoms with Gasteiger partial charge in [0.05, 0.1) is 6.20 Å². The monoisotopic (exact) mass is 285 g/mol. The third kappa shape index (κ3) is 2.47. The van der Waals surface area contributed by atoms with Crippen LogP contribution < -0.4 is 5.73 Å². The highest BCUT2D eigenvalue weighted by Crippen LogP contribution is 2.25. The maximum atomic E-state index is 12.4. The molecule has 0 aliphatic carbocycles. The Morgan fingerprint density at radius 2 is 2.21 bits per heavy atom. The summed E-state index contributed by atoms with van der Waals surface area (Å²) in [6, 6.07) is 0. The van der Waals surface area contributed by atoms with Gasteiger partial charge < -0.3 is 10.3 Å². The zero-order valence-corrected chi connectivity index (χ0v) is 11.7. The third-order valence-electron chi connectivity index (χ3n) is 2.67. The van der Waals surface area contributed by atoms with E-state index in [2.05, 4.69) is 10.3 Å². The van der Waals surface area contributed by atoms with Crippen molar-refractivity contribution in [2.24, 2.45) is 7.05 Å². The Morgan fingerprint density at radius 1 is 1.53 bits per heavy atom. The number of aryl methyl sites for hydroxylation is 2. The summed E-state index contributed by atoms with van der Waals surface area (Å²) in [6.07, 6.45) is 3.35. The van der Waals surface area contributed by atoms with Crippen molar-refractivity contribution in [3.63, 3.8) is 0 Å². The Hall–Kier alpha value is -1.87. The number of nitrogen functional groups attached to an aromatic ring is 1. The van der Waals surface area contributed by atoms with Crippen LogP contribution in [0.5, 0.6) is 0 Å². The van der Waals surface area contributed by atoms with E-state index in [1.165, 1.54) is 18.3 Å². The average molecular weight is 285 g/mol. The Kier molecular flexibility index (Phi) is 3.33. The quantitative estimate of drug-likeness (QED) is 0.855. The van der Waals surface area contributed by atoms with Gasteiger partial charge in [0.15, 0.2) is 16.5 Å². The van der Waals surface area contributed by atoms with Crippen molar-refractivity contribution in [1.82, 2.24) is 19.2 Å². The van der Waals surface area contributed by atoms with Crippen molar-refractivity contribution in [3.05, 3.63) is 23.7 Å². The van der Waals surface area contributed by atoms with Crippen LogP contribution in [-0.2, 0) is 23.6 Å². The SMILES string of the molecule is Cc1onc(N)c1S(=O)(=O)N(C)Cc1cnn(C)c1. The Balaban J connectivity index is 2.30. The summed E-state index contributed by atoms with van der Waals surface area (Å²) in [5.41, 5.74) is 6.31. The Morgan fingerprint density at radius 3 is 2.68 bits per heavy atom. The van der Waals surface area contributed by atoms with Crippen molar-refractivity contribution in [3.8, 4) is 0 Å². The van der Waals surface area contributed by atoms with Crippen LogP contribution in [0, 0.1) is 6.92 Å². The van der Waals surface area contributed by atoms with E-state index < -0.39 is 10.0 Å². The molecule has 19 heavy (non-hydrogen) atoms. The molecule has 2 aromatic rings. The molecule has 0 atom stereocenters. The standard InChI is InChI=1S/C10H15N5O3S/c1-7-9(10(11)13-18-7)19(16,17)15(3)6-8-4-12-14(2)5-8/h4-5H,6H2,1-3H3,(H2,11,13). The average Bonchev–Trinajstić information content (AvgIpc) is 2.85. The molecule has 2 aromatic heterocycles. The van der Waals surface area contributed by atoms with Crippen molar-refractivity contribution in [2.75, 3.05) is 12.8 Å². The van der Waals surface area contributed by atoms with E-state index in [0.717, 1.165) is 5.56 Å². The second-order valence-electron chi connectivity index (χ2n) is 4.24. The molecule has 0 saturated heterocycles. The molecule has 0 bridgehead atoms. The molecule has 0 spiro atoms. The highest BCUT2D eigenvalue weighted by molar-refractivity contribution is 7.89. The van der Waals surface area contributed by atoms with Gasteiger partial charge in [0.2, 0.25) is 10.0 Å². The molecule has 104 valence electrons. The molecule has 0 saturated carbocycles. The second kappa shape index (κ2) is 4.67. The van der Waals surface area contributed by atoms with E-state index in [0.29, 0.717) is 0 Å². The molecular formula is C10H15N5O3S. The molecule has 0 unspecified atom stereocenters. The first kappa shape index (κ1) is 13.6. The highest BCUT2D eigenvalue weighted by atomic mass is 32.2. The molecule has 2 heterocycles. The van der Waals surface area contributed by atoms with E-state index in [9.17, 15) is 8.42 Å². The smallest absolute Gasteiger partial charge is 0.250 e. The molecule has 0 aromatic carbocycles. The van der Waals surface area contributed by atoms with Gasteiger partial charge in [-0.1, -0.05) is 5.16 Å². The van der Waals surface area contributed by atoms with E-state index in [1.54, 1.807) is 24.1 Å². The zero-order chi connectivity index (χ0) is 14.2. The van der Waals surface area contributed by atoms with Crippen LogP contribution in [0.1, 0.15) is 11.3 Å². The zero-order valence-electron chi connectivity index (χ0n) is 10.9. The number of nitrogens with two attached hydrogens (primary N) is 1. The molecule has 0 fully saturated rings. The van der Waals surface area contributed by atoms with E-state index >= 15 is 0 Å². The second-order valence-corrected chi connectivity index (χ2v) is 6.22. The van der Waals surface area contributed by atoms with Gasteiger partial charge in [0, 0.05) is 32.4 Å². The highest BCUT2D eigenvalue weighted by Gasteiger charge is 2.29. The van der Waals surface area contributed by atoms with Crippen LogP contribution >= 0.6 is 0 Å². The first-order valence-electron chi connectivity index (χ1n) is 5.48. The van der Waals surface area contributed by atoms with Gasteiger partial charge in [0.1, 0.15) is 0 Å². The van der Waals surface area contributed by atoms with Crippen LogP contribution in [-0.4, -0.2) is 34.7 Å². The Bertz CT molecular complexity index is 668. The lowest BCUT2D eigenvalue weighted by Crippen LogP contribution is -2.27. The molecule has 0 aliphatic rings. The van der Waals surface area contributed by atoms with Gasteiger partial charge in [-0.25, -0.2) is 8.42 Å². The molecule has 0 amide bonds. The van der Waals surface area contributed by atoms with Gasteiger partial charge in [-0.3, -0.25) is 4.68 Å². The van der Waals surface area contributed by atoms with Crippen molar-refractivity contribution in [2.45, 2.75) is 18.4 Å². The van der Waals surface area contributed by atoms with E-state index in [1.807, 2.05) is 0 Å². The summed E-state index contributed by atoms with van der Waals surface area (Å²) < 4.78 is 32.3. The molecule has 2 rings (SSSR count). The first-order chi connectivity index (χ1) is 8.82. The van der Waals surface area contributed by atoms with Crippen LogP contribution in [0.2, 0.25) is 0 Å². The fraction of sp³-hybridized carbons (Fsp3) is 0.400. The van der Waals surface area contributed by atoms with Gasteiger partial charge in [-0.05, 0) is 6.92 Å². The van der Waals surface area contributed by atoms with E-state index in [4.69, 9.17) is 10.3 Å². The van der Waals surface area contributed by atoms with Gasteiger partial charge in [-0.15, -0.1) is 0 Å². The summed E-state index contributed by atoms with van der Waals surface area (Å²) in [5, 5.41) is 7.45. The summed E-state index contributed by atoms with van der Waals surface area (Å²) in [4.78, 5) is -0.0844. The number of nitrogens with zero attached hydrogens (tertiary/aromatic N) is 4. The van der Waals surface area contributed by atoms with Crippen LogP contribution in [0.4, 0.5) is 5.82 Å². The number of aromatic nitrogens is 3. The van der Waals surface area contributed by atoms with Crippen molar-refractivity contribution < 1.29 is 12.9 Å². The van der Waals surface area contributed by atoms with Crippen LogP contribution in [0.15, 0.2) is 21.8 Å². The maximum absolute atomic E-state index is 12.4. The lowest BCUT2D eigenvalue weighted by atomic mass is 10.4. The fourth-order valence-corrected chi connectivity index (χ4v) is 3.08. The Labute approximate surface area is 110 Å². The summed E-state index contributed by atoms with van der Waals surface area (Å²) in [5.74, 6) is 0.0473. The number of hydrogen-bond acceptors (Lipinski definition) is 6. The molecule has 0 aliphatic heterocycles. The maximum Gasteiger partial charge on any atom is 0.250 e. The minimum absolute atomic E-state index is 0.0844. The van der Waals surface area contributed by atoms with Gasteiger partial charge in [-0.2, -0.15) is 9.40 Å². The molecule has 2 N–H and O–H groups in total. The number of rotatable bonds is 4. The summed E-state index contributed by atoms with van der Waals surface area (Å²) in [6.45, 7) is 1.70. The predicted molar refractivity (Wildman–Crippen MR) is 67.5 cm³/mol. The van der Waals surface area contributed by atoms with E-state index in [-0.39, 0.29) is 23.0 Å². The largest absolute Gasteiger partial charge is 0.380 e. The number of sulfonamides is 1. The number of hydrogen-bond donors (Lipinski definition) is 1. The topological polar surface area (TPSA) is 107 Å². The first-order valence-corrected chi connectivity index (χ1v) is 6.92. The number of anilines is 1.